The number of thioether (sulfide) groups is 1. The van der Waals surface area contributed by atoms with Crippen molar-refractivity contribution in [2.45, 2.75) is 37.9 Å². The Morgan fingerprint density at radius 1 is 0.878 bits per heavy atom. The molecule has 3 aromatic carbocycles. The topological polar surface area (TPSA) is 101 Å². The highest BCUT2D eigenvalue weighted by molar-refractivity contribution is 7.99. The van der Waals surface area contributed by atoms with Crippen LogP contribution in [0.3, 0.4) is 0 Å². The average Bonchev–Trinajstić information content (AvgIpc) is 2.99. The molecule has 0 aliphatic carbocycles. The van der Waals surface area contributed by atoms with Gasteiger partial charge < -0.3 is 24.3 Å². The van der Waals surface area contributed by atoms with E-state index in [0.717, 1.165) is 5.56 Å². The molecule has 0 saturated carbocycles. The Balaban J connectivity index is 1.63. The first-order valence-electron chi connectivity index (χ1n) is 13.2. The van der Waals surface area contributed by atoms with Crippen LogP contribution in [0.2, 0.25) is 0 Å². The van der Waals surface area contributed by atoms with Gasteiger partial charge in [-0.25, -0.2) is 4.98 Å². The third-order valence-electron chi connectivity index (χ3n) is 6.69. The molecule has 0 spiro atoms. The van der Waals surface area contributed by atoms with Gasteiger partial charge in [-0.2, -0.15) is 0 Å². The van der Waals surface area contributed by atoms with Crippen LogP contribution in [-0.2, 0) is 17.8 Å². The van der Waals surface area contributed by atoms with E-state index in [2.05, 4.69) is 19.2 Å². The number of anilines is 1. The van der Waals surface area contributed by atoms with Crippen molar-refractivity contribution < 1.29 is 23.7 Å². The molecule has 1 amide bonds. The van der Waals surface area contributed by atoms with E-state index in [9.17, 15) is 9.59 Å². The maximum Gasteiger partial charge on any atom is 0.262 e. The lowest BCUT2D eigenvalue weighted by molar-refractivity contribution is -0.113. The van der Waals surface area contributed by atoms with Gasteiger partial charge in [-0.05, 0) is 53.8 Å². The van der Waals surface area contributed by atoms with E-state index >= 15 is 0 Å². The maximum atomic E-state index is 13.8. The lowest BCUT2D eigenvalue weighted by atomic mass is 10.0. The number of methoxy groups -OCH3 is 4. The molecule has 0 atom stereocenters. The first-order valence-corrected chi connectivity index (χ1v) is 14.2. The van der Waals surface area contributed by atoms with Crippen molar-refractivity contribution in [2.75, 3.05) is 39.5 Å². The Kier molecular flexibility index (Phi) is 9.78. The molecular formula is C31H35N3O6S. The van der Waals surface area contributed by atoms with Gasteiger partial charge in [0, 0.05) is 18.3 Å². The van der Waals surface area contributed by atoms with E-state index in [1.165, 1.54) is 31.5 Å². The van der Waals surface area contributed by atoms with Crippen molar-refractivity contribution in [3.63, 3.8) is 0 Å². The fourth-order valence-corrected chi connectivity index (χ4v) is 5.22. The first kappa shape index (κ1) is 29.8. The van der Waals surface area contributed by atoms with Crippen molar-refractivity contribution >= 4 is 34.3 Å². The van der Waals surface area contributed by atoms with Gasteiger partial charge in [-0.3, -0.25) is 14.2 Å². The van der Waals surface area contributed by atoms with Crippen molar-refractivity contribution in [3.8, 4) is 23.0 Å². The molecule has 4 rings (SSSR count). The zero-order valence-corrected chi connectivity index (χ0v) is 25.0. The molecule has 10 heteroatoms. The highest BCUT2D eigenvalue weighted by Crippen LogP contribution is 2.32. The normalized spacial score (nSPS) is 11.0. The van der Waals surface area contributed by atoms with Gasteiger partial charge in [0.25, 0.3) is 5.56 Å². The van der Waals surface area contributed by atoms with Crippen molar-refractivity contribution in [3.05, 3.63) is 76.1 Å². The predicted octanol–water partition coefficient (Wildman–Crippen LogP) is 5.53. The maximum absolute atomic E-state index is 13.8. The molecule has 0 fully saturated rings. The molecule has 0 unspecified atom stereocenters. The summed E-state index contributed by atoms with van der Waals surface area (Å²) in [6, 6.07) is 16.8. The van der Waals surface area contributed by atoms with Gasteiger partial charge in [-0.1, -0.05) is 43.8 Å². The number of ether oxygens (including phenoxy) is 4. The van der Waals surface area contributed by atoms with E-state index < -0.39 is 0 Å². The number of hydrogen-bond donors (Lipinski definition) is 1. The smallest absolute Gasteiger partial charge is 0.262 e. The van der Waals surface area contributed by atoms with Crippen LogP contribution < -0.4 is 29.8 Å². The summed E-state index contributed by atoms with van der Waals surface area (Å²) in [6.07, 6.45) is 0.530. The number of rotatable bonds is 12. The summed E-state index contributed by atoms with van der Waals surface area (Å²) in [6.45, 7) is 4.58. The zero-order valence-electron chi connectivity index (χ0n) is 24.1. The Hall–Kier alpha value is -4.18. The third kappa shape index (κ3) is 6.94. The van der Waals surface area contributed by atoms with Crippen LogP contribution in [0.1, 0.15) is 30.9 Å². The quantitative estimate of drug-likeness (QED) is 0.173. The third-order valence-corrected chi connectivity index (χ3v) is 7.67. The van der Waals surface area contributed by atoms with Gasteiger partial charge in [0.2, 0.25) is 5.91 Å². The minimum Gasteiger partial charge on any atom is -0.493 e. The molecule has 0 radical (unpaired) electrons. The second-order valence-corrected chi connectivity index (χ2v) is 10.6. The molecule has 1 N–H and O–H groups in total. The molecule has 216 valence electrons. The van der Waals surface area contributed by atoms with E-state index in [-0.39, 0.29) is 17.2 Å². The summed E-state index contributed by atoms with van der Waals surface area (Å²) in [5.41, 5.74) is 3.10. The molecule has 1 heterocycles. The van der Waals surface area contributed by atoms with Crippen molar-refractivity contribution in [2.24, 2.45) is 0 Å². The molecule has 0 bridgehead atoms. The number of hydrogen-bond acceptors (Lipinski definition) is 8. The highest BCUT2D eigenvalue weighted by Gasteiger charge is 2.17. The van der Waals surface area contributed by atoms with Crippen LogP contribution in [0, 0.1) is 0 Å². The van der Waals surface area contributed by atoms with Crippen LogP contribution >= 0.6 is 11.8 Å². The number of carbonyl (C=O) groups excluding carboxylic acids is 1. The van der Waals surface area contributed by atoms with Crippen molar-refractivity contribution in [1.29, 1.82) is 0 Å². The van der Waals surface area contributed by atoms with E-state index in [0.29, 0.717) is 63.6 Å². The summed E-state index contributed by atoms with van der Waals surface area (Å²) in [5, 5.41) is 3.76. The average molecular weight is 578 g/mol. The standard InChI is InChI=1S/C31H35N3O6S/c1-19(2)21-8-10-22(11-9-21)32-29(35)18-41-31-33-24-17-28(40-6)27(39-5)16-23(24)30(36)34(31)14-13-20-7-12-25(37-3)26(15-20)38-4/h7-12,15-17,19H,13-14,18H2,1-6H3,(H,32,35). The number of amides is 1. The highest BCUT2D eigenvalue weighted by atomic mass is 32.2. The number of fused-ring (bicyclic) bond motifs is 1. The van der Waals surface area contributed by atoms with Crippen LogP contribution in [0.25, 0.3) is 10.9 Å². The molecule has 0 saturated heterocycles. The molecule has 0 aliphatic rings. The SMILES string of the molecule is COc1ccc(CCn2c(SCC(=O)Nc3ccc(C(C)C)cc3)nc3cc(OC)c(OC)cc3c2=O)cc1OC. The van der Waals surface area contributed by atoms with Gasteiger partial charge >= 0.3 is 0 Å². The number of nitrogens with zero attached hydrogens (tertiary/aromatic N) is 2. The Labute approximate surface area is 243 Å². The van der Waals surface area contributed by atoms with Gasteiger partial charge in [-0.15, -0.1) is 0 Å². The number of aromatic nitrogens is 2. The number of carbonyl (C=O) groups is 1. The van der Waals surface area contributed by atoms with Crippen LogP contribution in [0.5, 0.6) is 23.0 Å². The van der Waals surface area contributed by atoms with E-state index in [1.807, 2.05) is 42.5 Å². The Morgan fingerprint density at radius 2 is 1.51 bits per heavy atom. The van der Waals surface area contributed by atoms with Crippen LogP contribution in [-0.4, -0.2) is 49.7 Å². The second-order valence-electron chi connectivity index (χ2n) is 9.63. The number of benzene rings is 3. The summed E-state index contributed by atoms with van der Waals surface area (Å²) < 4.78 is 23.2. The summed E-state index contributed by atoms with van der Waals surface area (Å²) in [7, 11) is 6.22. The van der Waals surface area contributed by atoms with Gasteiger partial charge in [0.15, 0.2) is 28.2 Å². The lowest BCUT2D eigenvalue weighted by Crippen LogP contribution is -2.25. The molecule has 1 aromatic heterocycles. The minimum atomic E-state index is -0.233. The minimum absolute atomic E-state index is 0.0769. The van der Waals surface area contributed by atoms with Crippen molar-refractivity contribution in [1.82, 2.24) is 9.55 Å². The summed E-state index contributed by atoms with van der Waals surface area (Å²) in [4.78, 5) is 31.4. The monoisotopic (exact) mass is 577 g/mol. The Morgan fingerprint density at radius 3 is 2.15 bits per heavy atom. The first-order chi connectivity index (χ1) is 19.8. The fourth-order valence-electron chi connectivity index (χ4n) is 4.39. The van der Waals surface area contributed by atoms with E-state index in [4.69, 9.17) is 23.9 Å². The molecule has 4 aromatic rings. The number of aryl methyl sites for hydroxylation is 1. The van der Waals surface area contributed by atoms with Crippen LogP contribution in [0.4, 0.5) is 5.69 Å². The van der Waals surface area contributed by atoms with E-state index in [1.54, 1.807) is 30.9 Å². The van der Waals surface area contributed by atoms with Gasteiger partial charge in [0.1, 0.15) is 0 Å². The van der Waals surface area contributed by atoms with Gasteiger partial charge in [0.05, 0.1) is 45.1 Å². The lowest BCUT2D eigenvalue weighted by Gasteiger charge is -2.15. The molecular weight excluding hydrogens is 542 g/mol. The summed E-state index contributed by atoms with van der Waals surface area (Å²) >= 11 is 1.21. The molecule has 0 aliphatic heterocycles. The molecule has 41 heavy (non-hydrogen) atoms. The van der Waals surface area contributed by atoms with Crippen LogP contribution in [0.15, 0.2) is 64.5 Å². The molecule has 9 nitrogen and oxygen atoms in total. The largest absolute Gasteiger partial charge is 0.493 e. The predicted molar refractivity (Wildman–Crippen MR) is 162 cm³/mol. The second kappa shape index (κ2) is 13.5. The Bertz CT molecular complexity index is 1580. The summed E-state index contributed by atoms with van der Waals surface area (Å²) in [5.74, 6) is 2.43. The number of nitrogens with one attached hydrogen (secondary N) is 1. The fraction of sp³-hybridized carbons (Fsp3) is 0.323. The zero-order chi connectivity index (χ0) is 29.5.